The number of nitrogens with two attached hydrogens (primary N) is 1. The lowest BCUT2D eigenvalue weighted by molar-refractivity contribution is 0.978. The fourth-order valence-corrected chi connectivity index (χ4v) is 0.646. The first kappa shape index (κ1) is 10.5. The molecular formula is C9H15N3. The van der Waals surface area contributed by atoms with Gasteiger partial charge in [0.15, 0.2) is 5.96 Å². The molecule has 4 N–H and O–H groups in total. The van der Waals surface area contributed by atoms with Crippen molar-refractivity contribution in [3.63, 3.8) is 0 Å². The van der Waals surface area contributed by atoms with Crippen molar-refractivity contribution in [2.24, 2.45) is 5.73 Å². The van der Waals surface area contributed by atoms with Crippen LogP contribution in [-0.4, -0.2) is 12.5 Å². The van der Waals surface area contributed by atoms with E-state index >= 15 is 0 Å². The number of rotatable bonds is 4. The van der Waals surface area contributed by atoms with E-state index in [2.05, 4.69) is 11.9 Å². The van der Waals surface area contributed by atoms with Gasteiger partial charge in [-0.15, -0.1) is 0 Å². The maximum Gasteiger partial charge on any atom is 0.185 e. The zero-order valence-corrected chi connectivity index (χ0v) is 7.30. The van der Waals surface area contributed by atoms with E-state index in [1.54, 1.807) is 6.08 Å². The van der Waals surface area contributed by atoms with Gasteiger partial charge in [-0.05, 0) is 12.5 Å². The van der Waals surface area contributed by atoms with Gasteiger partial charge in [-0.25, -0.2) is 0 Å². The van der Waals surface area contributed by atoms with Crippen molar-refractivity contribution < 1.29 is 0 Å². The molecular weight excluding hydrogens is 150 g/mol. The van der Waals surface area contributed by atoms with Gasteiger partial charge in [-0.1, -0.05) is 30.9 Å². The van der Waals surface area contributed by atoms with Gasteiger partial charge >= 0.3 is 0 Å². The van der Waals surface area contributed by atoms with Gasteiger partial charge in [0.1, 0.15) is 0 Å². The molecule has 3 nitrogen and oxygen atoms in total. The minimum atomic E-state index is -0.0126. The van der Waals surface area contributed by atoms with Crippen LogP contribution in [0.1, 0.15) is 6.92 Å². The van der Waals surface area contributed by atoms with Crippen molar-refractivity contribution in [2.45, 2.75) is 6.92 Å². The van der Waals surface area contributed by atoms with Crippen LogP contribution in [0, 0.1) is 5.41 Å². The van der Waals surface area contributed by atoms with Crippen LogP contribution in [0.5, 0.6) is 0 Å². The third-order valence-corrected chi connectivity index (χ3v) is 1.30. The second-order valence-electron chi connectivity index (χ2n) is 2.23. The second kappa shape index (κ2) is 6.22. The third kappa shape index (κ3) is 5.29. The van der Waals surface area contributed by atoms with E-state index in [0.29, 0.717) is 6.54 Å². The largest absolute Gasteiger partial charge is 0.370 e. The molecule has 0 aromatic rings. The SMILES string of the molecule is C=C/C=C\C(=C/C)CNC(=N)N. The highest BCUT2D eigenvalue weighted by atomic mass is 15.0. The van der Waals surface area contributed by atoms with E-state index in [9.17, 15) is 0 Å². The lowest BCUT2D eigenvalue weighted by Crippen LogP contribution is -2.31. The molecule has 66 valence electrons. The fraction of sp³-hybridized carbons (Fsp3) is 0.222. The molecule has 0 aliphatic carbocycles. The Morgan fingerprint density at radius 1 is 1.67 bits per heavy atom. The standard InChI is InChI=1S/C9H15N3/c1-3-5-6-8(4-2)7-12-9(10)11/h3-6H,1,7H2,2H3,(H4,10,11,12)/b6-5-,8-4+. The molecule has 0 radical (unpaired) electrons. The summed E-state index contributed by atoms with van der Waals surface area (Å²) >= 11 is 0. The molecule has 0 bridgehead atoms. The van der Waals surface area contributed by atoms with E-state index in [-0.39, 0.29) is 5.96 Å². The summed E-state index contributed by atoms with van der Waals surface area (Å²) < 4.78 is 0. The van der Waals surface area contributed by atoms with Crippen LogP contribution in [0.4, 0.5) is 0 Å². The predicted molar refractivity (Wildman–Crippen MR) is 53.0 cm³/mol. The fourth-order valence-electron chi connectivity index (χ4n) is 0.646. The second-order valence-corrected chi connectivity index (χ2v) is 2.23. The molecule has 0 unspecified atom stereocenters. The molecule has 0 aromatic heterocycles. The Kier molecular flexibility index (Phi) is 5.43. The van der Waals surface area contributed by atoms with Crippen LogP contribution in [-0.2, 0) is 0 Å². The van der Waals surface area contributed by atoms with E-state index < -0.39 is 0 Å². The quantitative estimate of drug-likeness (QED) is 0.332. The molecule has 3 heteroatoms. The maximum atomic E-state index is 6.93. The molecule has 0 saturated heterocycles. The minimum absolute atomic E-state index is 0.0126. The number of hydrogen-bond acceptors (Lipinski definition) is 1. The summed E-state index contributed by atoms with van der Waals surface area (Å²) in [6, 6.07) is 0. The van der Waals surface area contributed by atoms with Gasteiger partial charge in [-0.3, -0.25) is 5.41 Å². The highest BCUT2D eigenvalue weighted by Crippen LogP contribution is 1.94. The van der Waals surface area contributed by atoms with Crippen molar-refractivity contribution in [1.29, 1.82) is 5.41 Å². The Morgan fingerprint density at radius 3 is 2.75 bits per heavy atom. The smallest absolute Gasteiger partial charge is 0.185 e. The average Bonchev–Trinajstić information content (AvgIpc) is 2.05. The molecule has 0 fully saturated rings. The minimum Gasteiger partial charge on any atom is -0.370 e. The number of nitrogens with one attached hydrogen (secondary N) is 2. The molecule has 0 rings (SSSR count). The molecule has 0 aromatic carbocycles. The van der Waals surface area contributed by atoms with E-state index in [1.165, 1.54) is 0 Å². The van der Waals surface area contributed by atoms with Gasteiger partial charge in [0.25, 0.3) is 0 Å². The molecule has 0 atom stereocenters. The summed E-state index contributed by atoms with van der Waals surface area (Å²) in [6.07, 6.45) is 7.42. The van der Waals surface area contributed by atoms with Crippen molar-refractivity contribution in [2.75, 3.05) is 6.54 Å². The van der Waals surface area contributed by atoms with Crippen molar-refractivity contribution >= 4 is 5.96 Å². The van der Waals surface area contributed by atoms with E-state index in [4.69, 9.17) is 11.1 Å². The van der Waals surface area contributed by atoms with Crippen molar-refractivity contribution in [3.8, 4) is 0 Å². The summed E-state index contributed by atoms with van der Waals surface area (Å²) in [5, 5.41) is 9.65. The Labute approximate surface area is 73.2 Å². The monoisotopic (exact) mass is 165 g/mol. The van der Waals surface area contributed by atoms with Crippen LogP contribution in [0.2, 0.25) is 0 Å². The topological polar surface area (TPSA) is 61.9 Å². The number of guanidine groups is 1. The number of hydrogen-bond donors (Lipinski definition) is 3. The predicted octanol–water partition coefficient (Wildman–Crippen LogP) is 1.16. The van der Waals surface area contributed by atoms with Crippen molar-refractivity contribution in [3.05, 3.63) is 36.5 Å². The zero-order chi connectivity index (χ0) is 9.40. The highest BCUT2D eigenvalue weighted by molar-refractivity contribution is 5.74. The molecule has 0 heterocycles. The first-order valence-electron chi connectivity index (χ1n) is 3.73. The zero-order valence-electron chi connectivity index (χ0n) is 7.30. The first-order chi connectivity index (χ1) is 5.70. The molecule has 12 heavy (non-hydrogen) atoms. The Morgan fingerprint density at radius 2 is 2.33 bits per heavy atom. The number of allylic oxidation sites excluding steroid dienone is 3. The maximum absolute atomic E-state index is 6.93. The van der Waals surface area contributed by atoms with E-state index in [1.807, 2.05) is 25.2 Å². The third-order valence-electron chi connectivity index (χ3n) is 1.30. The molecule has 0 aliphatic rings. The molecule has 0 saturated carbocycles. The molecule has 0 amide bonds. The van der Waals surface area contributed by atoms with Crippen LogP contribution >= 0.6 is 0 Å². The Balaban J connectivity index is 3.93. The molecule has 0 aliphatic heterocycles. The highest BCUT2D eigenvalue weighted by Gasteiger charge is 1.89. The molecule has 0 spiro atoms. The normalized spacial score (nSPS) is 11.6. The van der Waals surface area contributed by atoms with Gasteiger partial charge in [0, 0.05) is 6.54 Å². The Hall–Kier alpha value is -1.51. The summed E-state index contributed by atoms with van der Waals surface area (Å²) in [6.45, 7) is 6.08. The van der Waals surface area contributed by atoms with Crippen LogP contribution in [0.25, 0.3) is 0 Å². The van der Waals surface area contributed by atoms with E-state index in [0.717, 1.165) is 5.57 Å². The summed E-state index contributed by atoms with van der Waals surface area (Å²) in [5.41, 5.74) is 6.20. The van der Waals surface area contributed by atoms with Crippen molar-refractivity contribution in [1.82, 2.24) is 5.32 Å². The Bertz CT molecular complexity index is 214. The van der Waals surface area contributed by atoms with Crippen LogP contribution in [0.15, 0.2) is 36.5 Å². The summed E-state index contributed by atoms with van der Waals surface area (Å²) in [5.74, 6) is -0.0126. The first-order valence-corrected chi connectivity index (χ1v) is 3.73. The summed E-state index contributed by atoms with van der Waals surface area (Å²) in [4.78, 5) is 0. The van der Waals surface area contributed by atoms with Gasteiger partial charge in [0.05, 0.1) is 0 Å². The van der Waals surface area contributed by atoms with Gasteiger partial charge in [0.2, 0.25) is 0 Å². The van der Waals surface area contributed by atoms with Crippen LogP contribution < -0.4 is 11.1 Å². The lowest BCUT2D eigenvalue weighted by atomic mass is 10.2. The van der Waals surface area contributed by atoms with Gasteiger partial charge in [-0.2, -0.15) is 0 Å². The average molecular weight is 165 g/mol. The van der Waals surface area contributed by atoms with Crippen LogP contribution in [0.3, 0.4) is 0 Å². The lowest BCUT2D eigenvalue weighted by Gasteiger charge is -2.02. The summed E-state index contributed by atoms with van der Waals surface area (Å²) in [7, 11) is 0. The van der Waals surface area contributed by atoms with Gasteiger partial charge < -0.3 is 11.1 Å².